The van der Waals surface area contributed by atoms with Crippen molar-refractivity contribution < 1.29 is 29.4 Å². The molecule has 37 heavy (non-hydrogen) atoms. The fourth-order valence-corrected chi connectivity index (χ4v) is 4.01. The van der Waals surface area contributed by atoms with E-state index in [9.17, 15) is 29.4 Å². The number of aliphatic hydroxyl groups is 1. The summed E-state index contributed by atoms with van der Waals surface area (Å²) in [6.07, 6.45) is 2.78. The molecule has 2 rings (SSSR count). The van der Waals surface area contributed by atoms with Crippen LogP contribution in [0.5, 0.6) is 0 Å². The first-order valence-electron chi connectivity index (χ1n) is 12.5. The molecule has 0 spiro atoms. The molecule has 0 fully saturated rings. The third-order valence-corrected chi connectivity index (χ3v) is 6.38. The molecule has 11 nitrogen and oxygen atoms in total. The molecule has 1 heterocycles. The Morgan fingerprint density at radius 3 is 2.22 bits per heavy atom. The number of benzene rings is 1. The summed E-state index contributed by atoms with van der Waals surface area (Å²) in [5, 5.41) is 27.5. The van der Waals surface area contributed by atoms with Crippen LogP contribution in [0.25, 0.3) is 10.9 Å². The number of carbonyl (C=O) groups excluding carboxylic acids is 3. The number of carbonyl (C=O) groups is 4. The van der Waals surface area contributed by atoms with Crippen LogP contribution in [0.3, 0.4) is 0 Å². The van der Waals surface area contributed by atoms with E-state index in [-0.39, 0.29) is 24.7 Å². The van der Waals surface area contributed by atoms with E-state index in [1.54, 1.807) is 13.1 Å². The van der Waals surface area contributed by atoms with Gasteiger partial charge >= 0.3 is 5.97 Å². The van der Waals surface area contributed by atoms with Crippen LogP contribution in [-0.2, 0) is 25.6 Å². The molecule has 3 amide bonds. The van der Waals surface area contributed by atoms with Crippen molar-refractivity contribution in [1.82, 2.24) is 20.9 Å². The SMILES string of the molecule is CCC(C)C(NC(=O)C(N)Cc1c[nH]c2ccccc12)C(=O)NC(CO)C(=O)NC(CC(C)C)C(=O)O. The van der Waals surface area contributed by atoms with Gasteiger partial charge in [0, 0.05) is 17.1 Å². The molecular weight excluding hydrogens is 478 g/mol. The van der Waals surface area contributed by atoms with Gasteiger partial charge in [0.1, 0.15) is 18.1 Å². The molecule has 0 saturated carbocycles. The first kappa shape index (κ1) is 29.8. The summed E-state index contributed by atoms with van der Waals surface area (Å²) in [7, 11) is 0. The maximum absolute atomic E-state index is 13.1. The number of carboxylic acid groups (broad SMARTS) is 1. The van der Waals surface area contributed by atoms with Crippen LogP contribution in [0.1, 0.15) is 46.1 Å². The van der Waals surface area contributed by atoms with Gasteiger partial charge in [-0.25, -0.2) is 4.79 Å². The van der Waals surface area contributed by atoms with Crippen LogP contribution in [0.4, 0.5) is 0 Å². The highest BCUT2D eigenvalue weighted by Gasteiger charge is 2.32. The van der Waals surface area contributed by atoms with E-state index in [2.05, 4.69) is 20.9 Å². The maximum atomic E-state index is 13.1. The lowest BCUT2D eigenvalue weighted by Gasteiger charge is -2.27. The van der Waals surface area contributed by atoms with Crippen LogP contribution in [0.2, 0.25) is 0 Å². The molecule has 5 unspecified atom stereocenters. The Hall–Kier alpha value is -3.44. The zero-order valence-electron chi connectivity index (χ0n) is 21.8. The molecule has 0 aliphatic heterocycles. The Bertz CT molecular complexity index is 1080. The Morgan fingerprint density at radius 1 is 0.973 bits per heavy atom. The third kappa shape index (κ3) is 8.29. The minimum atomic E-state index is -1.38. The first-order valence-corrected chi connectivity index (χ1v) is 12.5. The topological polar surface area (TPSA) is 187 Å². The third-order valence-electron chi connectivity index (χ3n) is 6.38. The second kappa shape index (κ2) is 13.8. The first-order chi connectivity index (χ1) is 17.5. The summed E-state index contributed by atoms with van der Waals surface area (Å²) in [6, 6.07) is 3.15. The number of aromatic nitrogens is 1. The van der Waals surface area contributed by atoms with Gasteiger partial charge in [-0.05, 0) is 36.3 Å². The van der Waals surface area contributed by atoms with Gasteiger partial charge in [-0.3, -0.25) is 14.4 Å². The molecule has 1 aromatic carbocycles. The van der Waals surface area contributed by atoms with Gasteiger partial charge in [-0.2, -0.15) is 0 Å². The van der Waals surface area contributed by atoms with Crippen LogP contribution >= 0.6 is 0 Å². The van der Waals surface area contributed by atoms with Gasteiger partial charge < -0.3 is 36.9 Å². The quantitative estimate of drug-likeness (QED) is 0.192. The lowest BCUT2D eigenvalue weighted by atomic mass is 9.97. The summed E-state index contributed by atoms with van der Waals surface area (Å²) < 4.78 is 0. The van der Waals surface area contributed by atoms with E-state index in [1.165, 1.54) is 0 Å². The van der Waals surface area contributed by atoms with Crippen molar-refractivity contribution in [2.24, 2.45) is 17.6 Å². The number of aliphatic carboxylic acids is 1. The number of hydrogen-bond acceptors (Lipinski definition) is 6. The molecule has 5 atom stereocenters. The molecule has 2 aromatic rings. The van der Waals surface area contributed by atoms with Gasteiger partial charge in [-0.15, -0.1) is 0 Å². The second-order valence-corrected chi connectivity index (χ2v) is 9.81. The number of rotatable bonds is 14. The summed E-state index contributed by atoms with van der Waals surface area (Å²) in [6.45, 7) is 6.51. The molecule has 0 bridgehead atoms. The fraction of sp³-hybridized carbons (Fsp3) is 0.538. The Kier molecular flexibility index (Phi) is 11.1. The number of nitrogens with two attached hydrogens (primary N) is 1. The van der Waals surface area contributed by atoms with E-state index < -0.39 is 54.5 Å². The van der Waals surface area contributed by atoms with Crippen molar-refractivity contribution in [3.63, 3.8) is 0 Å². The predicted octanol–water partition coefficient (Wildman–Crippen LogP) is 0.661. The fourth-order valence-electron chi connectivity index (χ4n) is 4.01. The van der Waals surface area contributed by atoms with Gasteiger partial charge in [-0.1, -0.05) is 52.3 Å². The molecule has 0 aliphatic carbocycles. The van der Waals surface area contributed by atoms with Crippen molar-refractivity contribution in [2.45, 2.75) is 71.1 Å². The standard InChI is InChI=1S/C26H39N5O6/c1-5-15(4)22(25(35)30-21(13-32)24(34)29-20(26(36)37)10-14(2)3)31-23(33)18(27)11-16-12-28-19-9-7-6-8-17(16)19/h6-9,12,14-15,18,20-22,28,32H,5,10-11,13,27H2,1-4H3,(H,29,34)(H,30,35)(H,31,33)(H,36,37). The van der Waals surface area contributed by atoms with E-state index in [1.807, 2.05) is 45.0 Å². The van der Waals surface area contributed by atoms with Gasteiger partial charge in [0.05, 0.1) is 12.6 Å². The minimum absolute atomic E-state index is 0.00188. The van der Waals surface area contributed by atoms with Crippen molar-refractivity contribution in [3.8, 4) is 0 Å². The number of fused-ring (bicyclic) bond motifs is 1. The minimum Gasteiger partial charge on any atom is -0.480 e. The van der Waals surface area contributed by atoms with E-state index in [0.29, 0.717) is 6.42 Å². The predicted molar refractivity (Wildman–Crippen MR) is 139 cm³/mol. The molecule has 11 heteroatoms. The van der Waals surface area contributed by atoms with Crippen molar-refractivity contribution in [3.05, 3.63) is 36.0 Å². The normalized spacial score (nSPS) is 15.4. The van der Waals surface area contributed by atoms with E-state index in [0.717, 1.165) is 16.5 Å². The van der Waals surface area contributed by atoms with Gasteiger partial charge in [0.15, 0.2) is 0 Å². The van der Waals surface area contributed by atoms with Crippen molar-refractivity contribution in [2.75, 3.05) is 6.61 Å². The molecule has 204 valence electrons. The number of hydrogen-bond donors (Lipinski definition) is 7. The number of nitrogens with one attached hydrogen (secondary N) is 4. The maximum Gasteiger partial charge on any atom is 0.326 e. The highest BCUT2D eigenvalue weighted by molar-refractivity contribution is 5.94. The van der Waals surface area contributed by atoms with E-state index in [4.69, 9.17) is 5.73 Å². The summed E-state index contributed by atoms with van der Waals surface area (Å²) >= 11 is 0. The number of aliphatic hydroxyl groups excluding tert-OH is 1. The molecule has 0 aliphatic rings. The molecule has 0 saturated heterocycles. The highest BCUT2D eigenvalue weighted by Crippen LogP contribution is 2.19. The number of amides is 3. The smallest absolute Gasteiger partial charge is 0.326 e. The van der Waals surface area contributed by atoms with Crippen molar-refractivity contribution >= 4 is 34.6 Å². The Labute approximate surface area is 216 Å². The van der Waals surface area contributed by atoms with Crippen LogP contribution in [0, 0.1) is 11.8 Å². The average molecular weight is 518 g/mol. The van der Waals surface area contributed by atoms with Crippen molar-refractivity contribution in [1.29, 1.82) is 0 Å². The summed E-state index contributed by atoms with van der Waals surface area (Å²) in [5.74, 6) is -3.54. The van der Waals surface area contributed by atoms with Crippen LogP contribution in [-0.4, -0.2) is 69.7 Å². The summed E-state index contributed by atoms with van der Waals surface area (Å²) in [5.41, 5.74) is 7.97. The monoisotopic (exact) mass is 517 g/mol. The van der Waals surface area contributed by atoms with Gasteiger partial charge in [0.2, 0.25) is 17.7 Å². The zero-order valence-corrected chi connectivity index (χ0v) is 21.8. The molecular formula is C26H39N5O6. The van der Waals surface area contributed by atoms with E-state index >= 15 is 0 Å². The van der Waals surface area contributed by atoms with Gasteiger partial charge in [0.25, 0.3) is 0 Å². The second-order valence-electron chi connectivity index (χ2n) is 9.81. The largest absolute Gasteiger partial charge is 0.480 e. The number of carboxylic acids is 1. The summed E-state index contributed by atoms with van der Waals surface area (Å²) in [4.78, 5) is 53.3. The van der Waals surface area contributed by atoms with Crippen LogP contribution in [0.15, 0.2) is 30.5 Å². The molecule has 0 radical (unpaired) electrons. The zero-order chi connectivity index (χ0) is 27.7. The number of H-pyrrole nitrogens is 1. The lowest BCUT2D eigenvalue weighted by Crippen LogP contribution is -2.59. The number of aromatic amines is 1. The Morgan fingerprint density at radius 2 is 1.62 bits per heavy atom. The molecule has 1 aromatic heterocycles. The lowest BCUT2D eigenvalue weighted by molar-refractivity contribution is -0.143. The van der Waals surface area contributed by atoms with Crippen LogP contribution < -0.4 is 21.7 Å². The Balaban J connectivity index is 2.07. The average Bonchev–Trinajstić information content (AvgIpc) is 3.26. The number of para-hydroxylation sites is 1. The highest BCUT2D eigenvalue weighted by atomic mass is 16.4. The molecule has 8 N–H and O–H groups in total.